The average molecular weight is 235 g/mol. The third-order valence-electron chi connectivity index (χ3n) is 3.13. The summed E-state index contributed by atoms with van der Waals surface area (Å²) in [7, 11) is 0. The molecule has 0 radical (unpaired) electrons. The van der Waals surface area contributed by atoms with Crippen molar-refractivity contribution in [1.82, 2.24) is 5.32 Å². The highest BCUT2D eigenvalue weighted by Gasteiger charge is 2.12. The van der Waals surface area contributed by atoms with E-state index in [2.05, 4.69) is 36.5 Å². The predicted molar refractivity (Wildman–Crippen MR) is 72.2 cm³/mol. The fraction of sp³-hybridized carbons (Fsp3) is 0.571. The Morgan fingerprint density at radius 1 is 1.25 bits per heavy atom. The Labute approximate surface area is 103 Å². The maximum atomic E-state index is 3.60. The number of piperidine rings is 1. The Kier molecular flexibility index (Phi) is 4.73. The number of nitrogens with one attached hydrogen (secondary N) is 1. The molecule has 1 unspecified atom stereocenters. The van der Waals surface area contributed by atoms with Crippen LogP contribution in [0.15, 0.2) is 29.2 Å². The lowest BCUT2D eigenvalue weighted by atomic mass is 9.98. The first-order valence-electron chi connectivity index (χ1n) is 6.33. The molecule has 1 heterocycles. The van der Waals surface area contributed by atoms with E-state index in [1.54, 1.807) is 0 Å². The van der Waals surface area contributed by atoms with Gasteiger partial charge >= 0.3 is 0 Å². The summed E-state index contributed by atoms with van der Waals surface area (Å²) in [6.07, 6.45) is 5.27. The summed E-state index contributed by atoms with van der Waals surface area (Å²) in [5.41, 5.74) is 1.47. The van der Waals surface area contributed by atoms with E-state index < -0.39 is 0 Å². The van der Waals surface area contributed by atoms with Gasteiger partial charge in [-0.15, -0.1) is 11.8 Å². The van der Waals surface area contributed by atoms with Crippen molar-refractivity contribution in [1.29, 1.82) is 0 Å². The molecule has 1 aliphatic heterocycles. The Balaban J connectivity index is 1.88. The van der Waals surface area contributed by atoms with Crippen LogP contribution in [0.4, 0.5) is 0 Å². The molecule has 0 saturated carbocycles. The zero-order valence-electron chi connectivity index (χ0n) is 10.0. The molecular formula is C14H21NS. The summed E-state index contributed by atoms with van der Waals surface area (Å²) < 4.78 is 0. The third-order valence-corrected chi connectivity index (χ3v) is 4.02. The van der Waals surface area contributed by atoms with E-state index in [-0.39, 0.29) is 0 Å². The Morgan fingerprint density at radius 2 is 2.06 bits per heavy atom. The molecule has 0 aromatic heterocycles. The van der Waals surface area contributed by atoms with Gasteiger partial charge in [0.05, 0.1) is 0 Å². The van der Waals surface area contributed by atoms with E-state index in [9.17, 15) is 0 Å². The lowest BCUT2D eigenvalue weighted by Crippen LogP contribution is -2.35. The Hall–Kier alpha value is -0.470. The molecule has 88 valence electrons. The Morgan fingerprint density at radius 3 is 2.69 bits per heavy atom. The first-order chi connectivity index (χ1) is 7.88. The SMILES string of the molecule is CCSc1ccc(CC2CCCCN2)cc1. The standard InChI is InChI=1S/C14H21NS/c1-2-16-14-8-6-12(7-9-14)11-13-5-3-4-10-15-13/h6-9,13,15H,2-5,10-11H2,1H3. The number of thioether (sulfide) groups is 1. The highest BCUT2D eigenvalue weighted by atomic mass is 32.2. The second-order valence-electron chi connectivity index (χ2n) is 4.43. The van der Waals surface area contributed by atoms with Crippen molar-refractivity contribution >= 4 is 11.8 Å². The molecule has 0 amide bonds. The molecule has 0 spiro atoms. The van der Waals surface area contributed by atoms with E-state index in [1.807, 2.05) is 11.8 Å². The first-order valence-corrected chi connectivity index (χ1v) is 7.32. The summed E-state index contributed by atoms with van der Waals surface area (Å²) in [5, 5.41) is 3.60. The topological polar surface area (TPSA) is 12.0 Å². The summed E-state index contributed by atoms with van der Waals surface area (Å²) in [6.45, 7) is 3.40. The lowest BCUT2D eigenvalue weighted by Gasteiger charge is -2.23. The first kappa shape index (κ1) is 12.0. The van der Waals surface area contributed by atoms with Crippen molar-refractivity contribution in [2.45, 2.75) is 43.5 Å². The Bertz CT molecular complexity index is 301. The molecule has 1 aromatic rings. The van der Waals surface area contributed by atoms with Crippen LogP contribution in [0.3, 0.4) is 0 Å². The van der Waals surface area contributed by atoms with Crippen LogP contribution in [0.5, 0.6) is 0 Å². The van der Waals surface area contributed by atoms with Crippen LogP contribution in [-0.4, -0.2) is 18.3 Å². The van der Waals surface area contributed by atoms with Crippen LogP contribution in [-0.2, 0) is 6.42 Å². The predicted octanol–water partition coefficient (Wildman–Crippen LogP) is 3.48. The molecule has 1 atom stereocenters. The van der Waals surface area contributed by atoms with Gasteiger partial charge in [0.25, 0.3) is 0 Å². The zero-order valence-corrected chi connectivity index (χ0v) is 10.9. The molecule has 1 aromatic carbocycles. The number of rotatable bonds is 4. The number of hydrogen-bond donors (Lipinski definition) is 1. The van der Waals surface area contributed by atoms with Crippen LogP contribution in [0.1, 0.15) is 31.7 Å². The van der Waals surface area contributed by atoms with E-state index in [0.717, 1.165) is 5.75 Å². The molecule has 0 bridgehead atoms. The summed E-state index contributed by atoms with van der Waals surface area (Å²) in [6, 6.07) is 9.79. The van der Waals surface area contributed by atoms with Crippen LogP contribution < -0.4 is 5.32 Å². The minimum atomic E-state index is 0.707. The highest BCUT2D eigenvalue weighted by Crippen LogP contribution is 2.19. The fourth-order valence-corrected chi connectivity index (χ4v) is 2.93. The highest BCUT2D eigenvalue weighted by molar-refractivity contribution is 7.99. The summed E-state index contributed by atoms with van der Waals surface area (Å²) in [5.74, 6) is 1.16. The van der Waals surface area contributed by atoms with Gasteiger partial charge in [0.1, 0.15) is 0 Å². The maximum Gasteiger partial charge on any atom is 0.0107 e. The molecule has 1 saturated heterocycles. The summed E-state index contributed by atoms with van der Waals surface area (Å²) >= 11 is 1.91. The zero-order chi connectivity index (χ0) is 11.2. The summed E-state index contributed by atoms with van der Waals surface area (Å²) in [4.78, 5) is 1.39. The third kappa shape index (κ3) is 3.53. The van der Waals surface area contributed by atoms with Crippen LogP contribution >= 0.6 is 11.8 Å². The van der Waals surface area contributed by atoms with E-state index in [1.165, 1.54) is 42.7 Å². The van der Waals surface area contributed by atoms with E-state index >= 15 is 0 Å². The van der Waals surface area contributed by atoms with Crippen molar-refractivity contribution in [2.24, 2.45) is 0 Å². The molecule has 0 aliphatic carbocycles. The fourth-order valence-electron chi connectivity index (χ4n) is 2.27. The van der Waals surface area contributed by atoms with Crippen molar-refractivity contribution in [3.05, 3.63) is 29.8 Å². The molecular weight excluding hydrogens is 214 g/mol. The lowest BCUT2D eigenvalue weighted by molar-refractivity contribution is 0.399. The van der Waals surface area contributed by atoms with Crippen LogP contribution in [0.25, 0.3) is 0 Å². The van der Waals surface area contributed by atoms with Crippen molar-refractivity contribution in [2.75, 3.05) is 12.3 Å². The van der Waals surface area contributed by atoms with Gasteiger partial charge in [-0.25, -0.2) is 0 Å². The van der Waals surface area contributed by atoms with Gasteiger partial charge in [-0.2, -0.15) is 0 Å². The largest absolute Gasteiger partial charge is 0.314 e. The van der Waals surface area contributed by atoms with Crippen LogP contribution in [0.2, 0.25) is 0 Å². The average Bonchev–Trinajstić information content (AvgIpc) is 2.33. The van der Waals surface area contributed by atoms with Gasteiger partial charge in [-0.3, -0.25) is 0 Å². The molecule has 1 nitrogen and oxygen atoms in total. The molecule has 1 N–H and O–H groups in total. The monoisotopic (exact) mass is 235 g/mol. The minimum Gasteiger partial charge on any atom is -0.314 e. The van der Waals surface area contributed by atoms with Gasteiger partial charge in [0, 0.05) is 10.9 Å². The molecule has 2 rings (SSSR count). The van der Waals surface area contributed by atoms with Gasteiger partial charge < -0.3 is 5.32 Å². The quantitative estimate of drug-likeness (QED) is 0.802. The van der Waals surface area contributed by atoms with Gasteiger partial charge in [-0.05, 0) is 49.3 Å². The van der Waals surface area contributed by atoms with E-state index in [0.29, 0.717) is 6.04 Å². The second-order valence-corrected chi connectivity index (χ2v) is 5.77. The number of benzene rings is 1. The second kappa shape index (κ2) is 6.31. The molecule has 2 heteroatoms. The van der Waals surface area contributed by atoms with E-state index in [4.69, 9.17) is 0 Å². The molecule has 1 fully saturated rings. The van der Waals surface area contributed by atoms with Gasteiger partial charge in [0.2, 0.25) is 0 Å². The van der Waals surface area contributed by atoms with Gasteiger partial charge in [-0.1, -0.05) is 25.5 Å². The van der Waals surface area contributed by atoms with Crippen LogP contribution in [0, 0.1) is 0 Å². The minimum absolute atomic E-state index is 0.707. The van der Waals surface area contributed by atoms with Gasteiger partial charge in [0.15, 0.2) is 0 Å². The normalized spacial score (nSPS) is 20.9. The molecule has 16 heavy (non-hydrogen) atoms. The van der Waals surface area contributed by atoms with Crippen molar-refractivity contribution in [3.8, 4) is 0 Å². The maximum absolute atomic E-state index is 3.60. The number of hydrogen-bond acceptors (Lipinski definition) is 2. The smallest absolute Gasteiger partial charge is 0.0107 e. The van der Waals surface area contributed by atoms with Crippen molar-refractivity contribution in [3.63, 3.8) is 0 Å². The van der Waals surface area contributed by atoms with Crippen molar-refractivity contribution < 1.29 is 0 Å². The molecule has 1 aliphatic rings.